The zero-order chi connectivity index (χ0) is 13.5. The molecule has 1 fully saturated rings. The minimum absolute atomic E-state index is 0.364. The van der Waals surface area contributed by atoms with Gasteiger partial charge in [0.05, 0.1) is 12.7 Å². The number of hydrogen-bond acceptors (Lipinski definition) is 3. The van der Waals surface area contributed by atoms with Crippen molar-refractivity contribution in [1.29, 1.82) is 0 Å². The lowest BCUT2D eigenvalue weighted by atomic mass is 9.99. The van der Waals surface area contributed by atoms with Crippen LogP contribution >= 0.6 is 0 Å². The molecule has 106 valence electrons. The summed E-state index contributed by atoms with van der Waals surface area (Å²) in [7, 11) is 2.01. The van der Waals surface area contributed by atoms with Crippen molar-refractivity contribution in [2.75, 3.05) is 20.3 Å². The first-order valence-corrected chi connectivity index (χ1v) is 7.35. The van der Waals surface area contributed by atoms with Crippen molar-refractivity contribution in [3.8, 4) is 5.75 Å². The molecule has 0 aromatic heterocycles. The third-order valence-corrected chi connectivity index (χ3v) is 3.63. The Morgan fingerprint density at radius 1 is 1.37 bits per heavy atom. The lowest BCUT2D eigenvalue weighted by molar-refractivity contribution is 0.0954. The molecule has 1 aromatic rings. The summed E-state index contributed by atoms with van der Waals surface area (Å²) >= 11 is 0. The van der Waals surface area contributed by atoms with E-state index in [-0.39, 0.29) is 0 Å². The molecule has 0 radical (unpaired) electrons. The van der Waals surface area contributed by atoms with Gasteiger partial charge >= 0.3 is 0 Å². The molecule has 1 aliphatic heterocycles. The van der Waals surface area contributed by atoms with Crippen LogP contribution in [0.25, 0.3) is 0 Å². The number of hydrogen-bond donors (Lipinski definition) is 1. The molecule has 1 aromatic carbocycles. The Morgan fingerprint density at radius 2 is 2.16 bits per heavy atom. The van der Waals surface area contributed by atoms with Crippen LogP contribution in [0.1, 0.15) is 44.2 Å². The van der Waals surface area contributed by atoms with Crippen LogP contribution in [0, 0.1) is 0 Å². The summed E-state index contributed by atoms with van der Waals surface area (Å²) in [4.78, 5) is 0. The van der Waals surface area contributed by atoms with Gasteiger partial charge in [-0.2, -0.15) is 0 Å². The fraction of sp³-hybridized carbons (Fsp3) is 0.625. The second-order valence-corrected chi connectivity index (χ2v) is 5.13. The first kappa shape index (κ1) is 14.4. The maximum absolute atomic E-state index is 5.72. The van der Waals surface area contributed by atoms with Crippen LogP contribution in [0.2, 0.25) is 0 Å². The zero-order valence-electron chi connectivity index (χ0n) is 12.0. The van der Waals surface area contributed by atoms with Crippen LogP contribution in [-0.4, -0.2) is 26.4 Å². The van der Waals surface area contributed by atoms with E-state index in [0.717, 1.165) is 31.8 Å². The third kappa shape index (κ3) is 4.22. The van der Waals surface area contributed by atoms with Crippen LogP contribution in [0.15, 0.2) is 24.3 Å². The Kier molecular flexibility index (Phi) is 5.67. The molecule has 1 aliphatic rings. The Bertz CT molecular complexity index is 358. The molecule has 1 saturated heterocycles. The second kappa shape index (κ2) is 7.51. The van der Waals surface area contributed by atoms with Crippen LogP contribution in [0.3, 0.4) is 0 Å². The molecule has 0 bridgehead atoms. The fourth-order valence-corrected chi connectivity index (χ4v) is 2.53. The van der Waals surface area contributed by atoms with Crippen molar-refractivity contribution in [1.82, 2.24) is 5.32 Å². The zero-order valence-corrected chi connectivity index (χ0v) is 12.0. The van der Waals surface area contributed by atoms with E-state index in [9.17, 15) is 0 Å². The van der Waals surface area contributed by atoms with Gasteiger partial charge in [-0.15, -0.1) is 0 Å². The molecule has 0 saturated carbocycles. The van der Waals surface area contributed by atoms with Gasteiger partial charge in [-0.25, -0.2) is 0 Å². The van der Waals surface area contributed by atoms with Crippen LogP contribution in [0.4, 0.5) is 0 Å². The Labute approximate surface area is 116 Å². The van der Waals surface area contributed by atoms with E-state index >= 15 is 0 Å². The lowest BCUT2D eigenvalue weighted by Crippen LogP contribution is -2.22. The molecule has 0 aliphatic carbocycles. The van der Waals surface area contributed by atoms with Crippen molar-refractivity contribution >= 4 is 0 Å². The minimum Gasteiger partial charge on any atom is -0.494 e. The summed E-state index contributed by atoms with van der Waals surface area (Å²) in [6.45, 7) is 3.82. The molecular formula is C16H25NO2. The molecule has 2 atom stereocenters. The minimum atomic E-state index is 0.364. The molecule has 19 heavy (non-hydrogen) atoms. The van der Waals surface area contributed by atoms with Crippen molar-refractivity contribution in [2.45, 2.75) is 44.8 Å². The number of benzene rings is 1. The third-order valence-electron chi connectivity index (χ3n) is 3.63. The second-order valence-electron chi connectivity index (χ2n) is 5.13. The highest BCUT2D eigenvalue weighted by atomic mass is 16.5. The predicted molar refractivity (Wildman–Crippen MR) is 77.6 cm³/mol. The van der Waals surface area contributed by atoms with Gasteiger partial charge in [0, 0.05) is 12.6 Å². The predicted octanol–water partition coefficient (Wildman–Crippen LogP) is 3.31. The molecule has 1 heterocycles. The SMILES string of the molecule is CCCOc1ccc(C(CC2CCCO2)NC)cc1. The standard InChI is InChI=1S/C16H25NO2/c1-3-10-18-14-8-6-13(7-9-14)16(17-2)12-15-5-4-11-19-15/h6-9,15-17H,3-5,10-12H2,1-2H3. The summed E-state index contributed by atoms with van der Waals surface area (Å²) in [5.74, 6) is 0.956. The molecule has 0 spiro atoms. The van der Waals surface area contributed by atoms with E-state index in [0.29, 0.717) is 12.1 Å². The Balaban J connectivity index is 1.93. The van der Waals surface area contributed by atoms with E-state index in [2.05, 4.69) is 36.5 Å². The molecule has 2 rings (SSSR count). The lowest BCUT2D eigenvalue weighted by Gasteiger charge is -2.20. The molecule has 0 amide bonds. The van der Waals surface area contributed by atoms with Gasteiger partial charge in [-0.1, -0.05) is 19.1 Å². The van der Waals surface area contributed by atoms with Crippen molar-refractivity contribution < 1.29 is 9.47 Å². The number of ether oxygens (including phenoxy) is 2. The number of rotatable bonds is 7. The van der Waals surface area contributed by atoms with Crippen LogP contribution < -0.4 is 10.1 Å². The molecule has 3 nitrogen and oxygen atoms in total. The maximum Gasteiger partial charge on any atom is 0.119 e. The van der Waals surface area contributed by atoms with Crippen molar-refractivity contribution in [2.24, 2.45) is 0 Å². The monoisotopic (exact) mass is 263 g/mol. The fourth-order valence-electron chi connectivity index (χ4n) is 2.53. The smallest absolute Gasteiger partial charge is 0.119 e. The van der Waals surface area contributed by atoms with Gasteiger partial charge in [0.1, 0.15) is 5.75 Å². The average molecular weight is 263 g/mol. The van der Waals surface area contributed by atoms with Gasteiger partial charge < -0.3 is 14.8 Å². The normalized spacial score (nSPS) is 20.4. The van der Waals surface area contributed by atoms with E-state index in [1.54, 1.807) is 0 Å². The molecular weight excluding hydrogens is 238 g/mol. The summed E-state index contributed by atoms with van der Waals surface area (Å²) in [6.07, 6.45) is 4.89. The van der Waals surface area contributed by atoms with Crippen LogP contribution in [0.5, 0.6) is 5.75 Å². The van der Waals surface area contributed by atoms with Crippen LogP contribution in [-0.2, 0) is 4.74 Å². The maximum atomic E-state index is 5.72. The quantitative estimate of drug-likeness (QED) is 0.818. The Morgan fingerprint density at radius 3 is 2.74 bits per heavy atom. The summed E-state index contributed by atoms with van der Waals surface area (Å²) in [5, 5.41) is 3.39. The van der Waals surface area contributed by atoms with Gasteiger partial charge in [-0.05, 0) is 50.4 Å². The van der Waals surface area contributed by atoms with Gasteiger partial charge in [0.2, 0.25) is 0 Å². The highest BCUT2D eigenvalue weighted by molar-refractivity contribution is 5.29. The van der Waals surface area contributed by atoms with E-state index in [1.807, 2.05) is 7.05 Å². The Hall–Kier alpha value is -1.06. The molecule has 3 heteroatoms. The highest BCUT2D eigenvalue weighted by Gasteiger charge is 2.20. The molecule has 2 unspecified atom stereocenters. The van der Waals surface area contributed by atoms with E-state index in [1.165, 1.54) is 18.4 Å². The first-order chi connectivity index (χ1) is 9.33. The average Bonchev–Trinajstić information content (AvgIpc) is 2.96. The first-order valence-electron chi connectivity index (χ1n) is 7.35. The number of nitrogens with one attached hydrogen (secondary N) is 1. The van der Waals surface area contributed by atoms with E-state index < -0.39 is 0 Å². The summed E-state index contributed by atoms with van der Waals surface area (Å²) < 4.78 is 11.3. The summed E-state index contributed by atoms with van der Waals surface area (Å²) in [6, 6.07) is 8.79. The topological polar surface area (TPSA) is 30.5 Å². The van der Waals surface area contributed by atoms with Gasteiger partial charge in [-0.3, -0.25) is 0 Å². The van der Waals surface area contributed by atoms with Gasteiger partial charge in [0.15, 0.2) is 0 Å². The summed E-state index contributed by atoms with van der Waals surface area (Å²) in [5.41, 5.74) is 1.31. The van der Waals surface area contributed by atoms with Crippen molar-refractivity contribution in [3.05, 3.63) is 29.8 Å². The van der Waals surface area contributed by atoms with Gasteiger partial charge in [0.25, 0.3) is 0 Å². The largest absolute Gasteiger partial charge is 0.494 e. The molecule has 1 N–H and O–H groups in total. The highest BCUT2D eigenvalue weighted by Crippen LogP contribution is 2.26. The van der Waals surface area contributed by atoms with E-state index in [4.69, 9.17) is 9.47 Å². The van der Waals surface area contributed by atoms with Crippen molar-refractivity contribution in [3.63, 3.8) is 0 Å².